The first-order chi connectivity index (χ1) is 9.33. The van der Waals surface area contributed by atoms with Crippen LogP contribution in [0.4, 0.5) is 4.39 Å². The summed E-state index contributed by atoms with van der Waals surface area (Å²) in [5.74, 6) is -0.962. The Morgan fingerprint density at radius 1 is 1.55 bits per heavy atom. The molecule has 20 heavy (non-hydrogen) atoms. The second kappa shape index (κ2) is 5.95. The maximum atomic E-state index is 14.1. The van der Waals surface area contributed by atoms with Crippen molar-refractivity contribution in [2.75, 3.05) is 20.1 Å². The van der Waals surface area contributed by atoms with E-state index in [0.717, 1.165) is 12.6 Å². The van der Waals surface area contributed by atoms with Crippen molar-refractivity contribution in [1.82, 2.24) is 9.62 Å². The molecule has 1 heterocycles. The first-order valence-electron chi connectivity index (χ1n) is 6.13. The number of halogens is 2. The van der Waals surface area contributed by atoms with E-state index in [1.54, 1.807) is 0 Å². The van der Waals surface area contributed by atoms with Crippen LogP contribution in [0.25, 0.3) is 0 Å². The van der Waals surface area contributed by atoms with E-state index in [2.05, 4.69) is 4.72 Å². The average molecular weight is 323 g/mol. The van der Waals surface area contributed by atoms with Crippen molar-refractivity contribution in [3.8, 4) is 0 Å². The van der Waals surface area contributed by atoms with E-state index < -0.39 is 27.3 Å². The second-order valence-corrected chi connectivity index (χ2v) is 7.02. The van der Waals surface area contributed by atoms with Gasteiger partial charge in [-0.15, -0.1) is 0 Å². The fraction of sp³-hybridized carbons (Fsp3) is 0.500. The molecule has 1 aromatic rings. The van der Waals surface area contributed by atoms with Gasteiger partial charge in [0.15, 0.2) is 0 Å². The molecular formula is C12H16ClFN2O3S. The van der Waals surface area contributed by atoms with Crippen molar-refractivity contribution in [3.05, 3.63) is 28.5 Å². The number of nitrogens with zero attached hydrogens (tertiary/aromatic N) is 1. The maximum absolute atomic E-state index is 14.1. The van der Waals surface area contributed by atoms with E-state index in [9.17, 15) is 12.8 Å². The minimum absolute atomic E-state index is 0.0689. The number of hydrogen-bond donors (Lipinski definition) is 2. The molecule has 1 unspecified atom stereocenters. The SMILES string of the molecule is CN1CCC(NS(=O)(=O)c2cc(Cl)cc(CO)c2F)C1. The van der Waals surface area contributed by atoms with E-state index in [0.29, 0.717) is 13.0 Å². The molecule has 1 saturated heterocycles. The molecule has 0 aromatic heterocycles. The number of aliphatic hydroxyl groups is 1. The van der Waals surface area contributed by atoms with E-state index in [1.807, 2.05) is 11.9 Å². The number of rotatable bonds is 4. The lowest BCUT2D eigenvalue weighted by molar-refractivity contribution is 0.274. The van der Waals surface area contributed by atoms with Crippen LogP contribution in [0.2, 0.25) is 5.02 Å². The van der Waals surface area contributed by atoms with E-state index in [-0.39, 0.29) is 16.6 Å². The molecule has 0 aliphatic carbocycles. The molecule has 0 saturated carbocycles. The Hall–Kier alpha value is -0.730. The third-order valence-electron chi connectivity index (χ3n) is 3.25. The van der Waals surface area contributed by atoms with Crippen LogP contribution in [0.1, 0.15) is 12.0 Å². The van der Waals surface area contributed by atoms with Crippen LogP contribution in [0, 0.1) is 5.82 Å². The van der Waals surface area contributed by atoms with Crippen LogP contribution >= 0.6 is 11.6 Å². The molecule has 1 aromatic carbocycles. The highest BCUT2D eigenvalue weighted by atomic mass is 35.5. The van der Waals surface area contributed by atoms with E-state index in [4.69, 9.17) is 16.7 Å². The molecule has 1 aliphatic rings. The predicted molar refractivity (Wildman–Crippen MR) is 73.6 cm³/mol. The Kier molecular flexibility index (Phi) is 4.66. The number of aliphatic hydroxyl groups excluding tert-OH is 1. The Labute approximate surface area is 122 Å². The Bertz CT molecular complexity index is 609. The van der Waals surface area contributed by atoms with Gasteiger partial charge in [0.1, 0.15) is 10.7 Å². The monoisotopic (exact) mass is 322 g/mol. The first-order valence-corrected chi connectivity index (χ1v) is 7.99. The van der Waals surface area contributed by atoms with Gasteiger partial charge in [0, 0.05) is 23.2 Å². The summed E-state index contributed by atoms with van der Waals surface area (Å²) in [6.07, 6.45) is 0.671. The van der Waals surface area contributed by atoms with E-state index in [1.165, 1.54) is 6.07 Å². The summed E-state index contributed by atoms with van der Waals surface area (Å²) in [4.78, 5) is 1.46. The highest BCUT2D eigenvalue weighted by Crippen LogP contribution is 2.24. The zero-order valence-electron chi connectivity index (χ0n) is 10.9. The van der Waals surface area contributed by atoms with Crippen molar-refractivity contribution in [3.63, 3.8) is 0 Å². The quantitative estimate of drug-likeness (QED) is 0.866. The maximum Gasteiger partial charge on any atom is 0.243 e. The van der Waals surface area contributed by atoms with Crippen molar-refractivity contribution in [1.29, 1.82) is 0 Å². The van der Waals surface area contributed by atoms with Crippen molar-refractivity contribution >= 4 is 21.6 Å². The third-order valence-corrected chi connectivity index (χ3v) is 4.99. The minimum atomic E-state index is -4.00. The van der Waals surface area contributed by atoms with Crippen LogP contribution in [-0.2, 0) is 16.6 Å². The number of likely N-dealkylation sites (N-methyl/N-ethyl adjacent to an activating group) is 1. The number of sulfonamides is 1. The topological polar surface area (TPSA) is 69.6 Å². The standard InChI is InChI=1S/C12H16ClFN2O3S/c1-16-3-2-10(6-16)15-20(18,19)11-5-9(13)4-8(7-17)12(11)14/h4-5,10,15,17H,2-3,6-7H2,1H3. The van der Waals surface area contributed by atoms with E-state index >= 15 is 0 Å². The van der Waals surface area contributed by atoms with Gasteiger partial charge < -0.3 is 10.0 Å². The molecule has 0 amide bonds. The fourth-order valence-corrected chi connectivity index (χ4v) is 3.96. The minimum Gasteiger partial charge on any atom is -0.392 e. The molecule has 0 radical (unpaired) electrons. The van der Waals surface area contributed by atoms with Gasteiger partial charge in [0.2, 0.25) is 10.0 Å². The molecule has 8 heteroatoms. The summed E-state index contributed by atoms with van der Waals surface area (Å²) in [5.41, 5.74) is -0.138. The number of likely N-dealkylation sites (tertiary alicyclic amines) is 1. The summed E-state index contributed by atoms with van der Waals surface area (Å²) in [6, 6.07) is 2.01. The highest BCUT2D eigenvalue weighted by molar-refractivity contribution is 7.89. The van der Waals surface area contributed by atoms with Gasteiger partial charge in [-0.3, -0.25) is 0 Å². The smallest absolute Gasteiger partial charge is 0.243 e. The molecule has 1 aliphatic heterocycles. The van der Waals surface area contributed by atoms with Crippen LogP contribution in [0.5, 0.6) is 0 Å². The predicted octanol–water partition coefficient (Wildman–Crippen LogP) is 0.954. The summed E-state index contributed by atoms with van der Waals surface area (Å²) in [7, 11) is -2.11. The number of benzene rings is 1. The zero-order chi connectivity index (χ0) is 14.9. The number of nitrogens with one attached hydrogen (secondary N) is 1. The Morgan fingerprint density at radius 2 is 2.25 bits per heavy atom. The molecule has 2 rings (SSSR count). The van der Waals surface area contributed by atoms with Crippen LogP contribution < -0.4 is 4.72 Å². The van der Waals surface area contributed by atoms with Gasteiger partial charge in [0.05, 0.1) is 6.61 Å². The van der Waals surface area contributed by atoms with Gasteiger partial charge in [-0.25, -0.2) is 17.5 Å². The highest BCUT2D eigenvalue weighted by Gasteiger charge is 2.28. The molecule has 0 spiro atoms. The molecule has 1 atom stereocenters. The largest absolute Gasteiger partial charge is 0.392 e. The average Bonchev–Trinajstić information content (AvgIpc) is 2.76. The third kappa shape index (κ3) is 3.29. The van der Waals surface area contributed by atoms with Gasteiger partial charge in [-0.1, -0.05) is 11.6 Å². The van der Waals surface area contributed by atoms with Crippen molar-refractivity contribution in [2.45, 2.75) is 24.0 Å². The van der Waals surface area contributed by atoms with Crippen LogP contribution in [0.3, 0.4) is 0 Å². The summed E-state index contributed by atoms with van der Waals surface area (Å²) >= 11 is 5.77. The lowest BCUT2D eigenvalue weighted by atomic mass is 10.2. The van der Waals surface area contributed by atoms with Gasteiger partial charge in [-0.05, 0) is 32.1 Å². The first kappa shape index (κ1) is 15.7. The summed E-state index contributed by atoms with van der Waals surface area (Å²) in [5, 5.41) is 9.10. The Morgan fingerprint density at radius 3 is 2.80 bits per heavy atom. The second-order valence-electron chi connectivity index (χ2n) is 4.90. The van der Waals surface area contributed by atoms with Crippen molar-refractivity contribution < 1.29 is 17.9 Å². The zero-order valence-corrected chi connectivity index (χ0v) is 12.5. The number of hydrogen-bond acceptors (Lipinski definition) is 4. The van der Waals surface area contributed by atoms with Gasteiger partial charge in [0.25, 0.3) is 0 Å². The van der Waals surface area contributed by atoms with Gasteiger partial charge in [-0.2, -0.15) is 0 Å². The summed E-state index contributed by atoms with van der Waals surface area (Å²) < 4.78 is 41.0. The molecule has 1 fully saturated rings. The lowest BCUT2D eigenvalue weighted by Crippen LogP contribution is -2.37. The molecular weight excluding hydrogens is 307 g/mol. The normalized spacial score (nSPS) is 20.5. The molecule has 5 nitrogen and oxygen atoms in total. The van der Waals surface area contributed by atoms with Gasteiger partial charge >= 0.3 is 0 Å². The molecule has 112 valence electrons. The molecule has 0 bridgehead atoms. The fourth-order valence-electron chi connectivity index (χ4n) is 2.24. The lowest BCUT2D eigenvalue weighted by Gasteiger charge is -2.15. The Balaban J connectivity index is 2.32. The van der Waals surface area contributed by atoms with Crippen LogP contribution in [-0.4, -0.2) is 44.6 Å². The summed E-state index contributed by atoms with van der Waals surface area (Å²) in [6.45, 7) is 0.752. The van der Waals surface area contributed by atoms with Crippen molar-refractivity contribution in [2.24, 2.45) is 0 Å². The molecule has 2 N–H and O–H groups in total. The van der Waals surface area contributed by atoms with Crippen LogP contribution in [0.15, 0.2) is 17.0 Å².